The molecule has 0 bridgehead atoms. The lowest BCUT2D eigenvalue weighted by atomic mass is 10.1. The summed E-state index contributed by atoms with van der Waals surface area (Å²) in [5.74, 6) is -0.0962. The van der Waals surface area contributed by atoms with Crippen LogP contribution in [0.2, 0.25) is 10.0 Å². The van der Waals surface area contributed by atoms with Gasteiger partial charge in [-0.05, 0) is 48.0 Å². The molecule has 2 rings (SSSR count). The Balaban J connectivity index is 2.29. The average molecular weight is 402 g/mol. The number of anilines is 1. The number of nitrogens with zero attached hydrogens (tertiary/aromatic N) is 2. The van der Waals surface area contributed by atoms with E-state index in [1.54, 1.807) is 30.3 Å². The Bertz CT molecular complexity index is 958. The molecule has 0 spiro atoms. The molecule has 0 aliphatic rings. The number of nitriles is 2. The van der Waals surface area contributed by atoms with Crippen molar-refractivity contribution in [1.82, 2.24) is 0 Å². The lowest BCUT2D eigenvalue weighted by molar-refractivity contribution is -0.112. The number of carbonyl (C=O) groups is 1. The quantitative estimate of drug-likeness (QED) is 0.569. The monoisotopic (exact) mass is 401 g/mol. The highest BCUT2D eigenvalue weighted by atomic mass is 35.5. The fourth-order valence-electron chi connectivity index (χ4n) is 2.11. The first-order valence-electron chi connectivity index (χ1n) is 7.54. The molecule has 0 aromatic heterocycles. The smallest absolute Gasteiger partial charge is 0.266 e. The highest BCUT2D eigenvalue weighted by Gasteiger charge is 2.14. The summed E-state index contributed by atoms with van der Waals surface area (Å²) in [5.41, 5.74) is 0.833. The summed E-state index contributed by atoms with van der Waals surface area (Å²) >= 11 is 12.0. The predicted octanol–water partition coefficient (Wildman–Crippen LogP) is 4.45. The van der Waals surface area contributed by atoms with Gasteiger partial charge in [-0.15, -0.1) is 0 Å². The molecule has 0 fully saturated rings. The zero-order chi connectivity index (χ0) is 19.8. The van der Waals surface area contributed by atoms with Gasteiger partial charge in [-0.2, -0.15) is 10.5 Å². The third kappa shape index (κ3) is 5.39. The molecule has 0 atom stereocenters. The summed E-state index contributed by atoms with van der Waals surface area (Å²) in [7, 11) is 1.41. The Morgan fingerprint density at radius 3 is 2.52 bits per heavy atom. The zero-order valence-electron chi connectivity index (χ0n) is 14.1. The number of benzene rings is 2. The minimum absolute atomic E-state index is 0.131. The lowest BCUT2D eigenvalue weighted by Crippen LogP contribution is -2.13. The summed E-state index contributed by atoms with van der Waals surface area (Å²) in [5, 5.41) is 21.3. The van der Waals surface area contributed by atoms with Gasteiger partial charge in [0.05, 0.1) is 12.1 Å². The van der Waals surface area contributed by atoms with Crippen molar-refractivity contribution in [3.63, 3.8) is 0 Å². The van der Waals surface area contributed by atoms with Gasteiger partial charge >= 0.3 is 0 Å². The van der Waals surface area contributed by atoms with Gasteiger partial charge in [0.1, 0.15) is 17.7 Å². The third-order valence-corrected chi connectivity index (χ3v) is 3.84. The van der Waals surface area contributed by atoms with Crippen LogP contribution in [0.4, 0.5) is 5.69 Å². The van der Waals surface area contributed by atoms with Crippen LogP contribution in [0.15, 0.2) is 42.0 Å². The minimum atomic E-state index is -0.584. The molecule has 0 saturated carbocycles. The Kier molecular flexibility index (Phi) is 7.08. The molecular formula is C19H13Cl2N3O3. The van der Waals surface area contributed by atoms with Crippen LogP contribution >= 0.6 is 23.2 Å². The largest absolute Gasteiger partial charge is 0.493 e. The van der Waals surface area contributed by atoms with Crippen molar-refractivity contribution < 1.29 is 14.3 Å². The van der Waals surface area contributed by atoms with Gasteiger partial charge in [0.25, 0.3) is 5.91 Å². The molecule has 2 aromatic carbocycles. The molecule has 6 nitrogen and oxygen atoms in total. The van der Waals surface area contributed by atoms with Gasteiger partial charge in [-0.1, -0.05) is 23.2 Å². The summed E-state index contributed by atoms with van der Waals surface area (Å²) in [4.78, 5) is 12.3. The van der Waals surface area contributed by atoms with Gasteiger partial charge < -0.3 is 14.8 Å². The Morgan fingerprint density at radius 2 is 1.93 bits per heavy atom. The fourth-order valence-corrected chi connectivity index (χ4v) is 2.51. The van der Waals surface area contributed by atoms with Gasteiger partial charge in [0.15, 0.2) is 18.1 Å². The van der Waals surface area contributed by atoms with E-state index >= 15 is 0 Å². The van der Waals surface area contributed by atoms with Gasteiger partial charge in [0, 0.05) is 10.7 Å². The van der Waals surface area contributed by atoms with E-state index in [2.05, 4.69) is 5.32 Å². The van der Waals surface area contributed by atoms with Crippen molar-refractivity contribution in [3.8, 4) is 23.6 Å². The van der Waals surface area contributed by atoms with E-state index in [1.807, 2.05) is 12.1 Å². The number of hydrogen-bond donors (Lipinski definition) is 1. The van der Waals surface area contributed by atoms with E-state index in [4.69, 9.17) is 37.9 Å². The fraction of sp³-hybridized carbons (Fsp3) is 0.105. The molecule has 27 heavy (non-hydrogen) atoms. The molecule has 8 heteroatoms. The summed E-state index contributed by atoms with van der Waals surface area (Å²) in [6, 6.07) is 13.2. The normalized spacial score (nSPS) is 10.5. The number of nitrogens with one attached hydrogen (secondary N) is 1. The number of halogens is 2. The number of methoxy groups -OCH3 is 1. The predicted molar refractivity (Wildman–Crippen MR) is 103 cm³/mol. The third-order valence-electron chi connectivity index (χ3n) is 3.31. The highest BCUT2D eigenvalue weighted by molar-refractivity contribution is 6.32. The molecule has 0 radical (unpaired) electrons. The molecular weight excluding hydrogens is 389 g/mol. The van der Waals surface area contributed by atoms with Crippen molar-refractivity contribution in [2.45, 2.75) is 0 Å². The van der Waals surface area contributed by atoms with Crippen molar-refractivity contribution >= 4 is 40.9 Å². The van der Waals surface area contributed by atoms with Crippen LogP contribution in [0.5, 0.6) is 11.5 Å². The van der Waals surface area contributed by atoms with E-state index in [0.29, 0.717) is 16.3 Å². The molecule has 0 aliphatic carbocycles. The number of amides is 1. The standard InChI is InChI=1S/C19H13Cl2N3O3/c1-26-17-10-12(9-16(21)18(17)27-7-6-22)8-13(11-23)19(25)24-15-4-2-14(20)3-5-15/h2-5,8-10H,7H2,1H3,(H,24,25)/b13-8-. The van der Waals surface area contributed by atoms with Crippen molar-refractivity contribution in [2.75, 3.05) is 19.0 Å². The number of carbonyl (C=O) groups excluding carboxylic acids is 1. The number of rotatable bonds is 6. The number of ether oxygens (including phenoxy) is 2. The van der Waals surface area contributed by atoms with E-state index < -0.39 is 5.91 Å². The number of hydrogen-bond acceptors (Lipinski definition) is 5. The molecule has 0 heterocycles. The molecule has 2 aromatic rings. The molecule has 0 unspecified atom stereocenters. The second kappa shape index (κ2) is 9.49. The van der Waals surface area contributed by atoms with Crippen LogP contribution in [0.1, 0.15) is 5.56 Å². The molecule has 136 valence electrons. The van der Waals surface area contributed by atoms with E-state index in [-0.39, 0.29) is 28.7 Å². The van der Waals surface area contributed by atoms with E-state index in [9.17, 15) is 10.1 Å². The second-order valence-electron chi connectivity index (χ2n) is 5.11. The van der Waals surface area contributed by atoms with Gasteiger partial charge in [-0.3, -0.25) is 4.79 Å². The van der Waals surface area contributed by atoms with Crippen LogP contribution in [0.25, 0.3) is 6.08 Å². The average Bonchev–Trinajstić information content (AvgIpc) is 2.66. The second-order valence-corrected chi connectivity index (χ2v) is 5.96. The van der Waals surface area contributed by atoms with Crippen LogP contribution in [-0.2, 0) is 4.79 Å². The Morgan fingerprint density at radius 1 is 1.22 bits per heavy atom. The van der Waals surface area contributed by atoms with Crippen LogP contribution < -0.4 is 14.8 Å². The van der Waals surface area contributed by atoms with Crippen LogP contribution in [-0.4, -0.2) is 19.6 Å². The van der Waals surface area contributed by atoms with Crippen molar-refractivity contribution in [1.29, 1.82) is 10.5 Å². The minimum Gasteiger partial charge on any atom is -0.493 e. The Labute approximate surface area is 166 Å². The first-order valence-corrected chi connectivity index (χ1v) is 8.30. The van der Waals surface area contributed by atoms with Crippen LogP contribution in [0, 0.1) is 22.7 Å². The van der Waals surface area contributed by atoms with Gasteiger partial charge in [0.2, 0.25) is 0 Å². The maximum atomic E-state index is 12.3. The molecule has 0 aliphatic heterocycles. The maximum absolute atomic E-state index is 12.3. The molecule has 0 saturated heterocycles. The molecule has 1 N–H and O–H groups in total. The Hall–Kier alpha value is -3.19. The summed E-state index contributed by atoms with van der Waals surface area (Å²) < 4.78 is 10.4. The van der Waals surface area contributed by atoms with Crippen molar-refractivity contribution in [2.24, 2.45) is 0 Å². The van der Waals surface area contributed by atoms with E-state index in [1.165, 1.54) is 19.3 Å². The zero-order valence-corrected chi connectivity index (χ0v) is 15.6. The highest BCUT2D eigenvalue weighted by Crippen LogP contribution is 2.37. The van der Waals surface area contributed by atoms with E-state index in [0.717, 1.165) is 0 Å². The maximum Gasteiger partial charge on any atom is 0.266 e. The SMILES string of the molecule is COc1cc(/C=C(/C#N)C(=O)Nc2ccc(Cl)cc2)cc(Cl)c1OCC#N. The summed E-state index contributed by atoms with van der Waals surface area (Å²) in [6.07, 6.45) is 1.37. The first kappa shape index (κ1) is 20.1. The topological polar surface area (TPSA) is 95.1 Å². The molecule has 1 amide bonds. The van der Waals surface area contributed by atoms with Crippen LogP contribution in [0.3, 0.4) is 0 Å². The van der Waals surface area contributed by atoms with Crippen molar-refractivity contribution in [3.05, 3.63) is 57.6 Å². The first-order chi connectivity index (χ1) is 13.0. The lowest BCUT2D eigenvalue weighted by Gasteiger charge is -2.11. The summed E-state index contributed by atoms with van der Waals surface area (Å²) in [6.45, 7) is -0.196. The van der Waals surface area contributed by atoms with Gasteiger partial charge in [-0.25, -0.2) is 0 Å².